The van der Waals surface area contributed by atoms with E-state index in [0.717, 1.165) is 44.2 Å². The van der Waals surface area contributed by atoms with Gasteiger partial charge in [-0.15, -0.1) is 0 Å². The zero-order chi connectivity index (χ0) is 17.6. The summed E-state index contributed by atoms with van der Waals surface area (Å²) >= 11 is 0. The van der Waals surface area contributed by atoms with Crippen LogP contribution in [0, 0.1) is 0 Å². The molecule has 0 bridgehead atoms. The summed E-state index contributed by atoms with van der Waals surface area (Å²) in [4.78, 5) is 8.89. The van der Waals surface area contributed by atoms with Crippen LogP contribution in [0.15, 0.2) is 29.4 Å². The fourth-order valence-electron chi connectivity index (χ4n) is 3.09. The van der Waals surface area contributed by atoms with Crippen molar-refractivity contribution in [3.05, 3.63) is 30.1 Å². The van der Waals surface area contributed by atoms with Crippen molar-refractivity contribution < 1.29 is 4.74 Å². The minimum absolute atomic E-state index is 0.507. The van der Waals surface area contributed by atoms with Gasteiger partial charge in [0.15, 0.2) is 5.96 Å². The maximum Gasteiger partial charge on any atom is 0.191 e. The van der Waals surface area contributed by atoms with Crippen LogP contribution in [0.1, 0.15) is 64.0 Å². The number of hydrogen-bond acceptors (Lipinski definition) is 3. The van der Waals surface area contributed by atoms with Crippen molar-refractivity contribution in [2.75, 3.05) is 19.7 Å². The molecular weight excluding hydrogens is 312 g/mol. The summed E-state index contributed by atoms with van der Waals surface area (Å²) in [5, 5.41) is 6.68. The molecule has 0 unspecified atom stereocenters. The van der Waals surface area contributed by atoms with E-state index in [2.05, 4.69) is 27.5 Å². The summed E-state index contributed by atoms with van der Waals surface area (Å²) in [5.41, 5.74) is 0.983. The van der Waals surface area contributed by atoms with Gasteiger partial charge in [-0.05, 0) is 44.7 Å². The van der Waals surface area contributed by atoms with E-state index in [1.807, 2.05) is 18.2 Å². The zero-order valence-electron chi connectivity index (χ0n) is 15.7. The van der Waals surface area contributed by atoms with E-state index >= 15 is 0 Å². The van der Waals surface area contributed by atoms with Crippen molar-refractivity contribution in [1.82, 2.24) is 15.6 Å². The molecule has 0 radical (unpaired) electrons. The Morgan fingerprint density at radius 3 is 2.72 bits per heavy atom. The Balaban J connectivity index is 1.58. The number of aromatic nitrogens is 1. The van der Waals surface area contributed by atoms with Gasteiger partial charge in [-0.3, -0.25) is 4.98 Å². The first-order valence-electron chi connectivity index (χ1n) is 9.92. The van der Waals surface area contributed by atoms with Crippen LogP contribution in [-0.2, 0) is 11.3 Å². The van der Waals surface area contributed by atoms with Gasteiger partial charge < -0.3 is 15.4 Å². The molecule has 1 aliphatic carbocycles. The van der Waals surface area contributed by atoms with Gasteiger partial charge in [0.05, 0.1) is 18.3 Å². The van der Waals surface area contributed by atoms with Crippen LogP contribution in [-0.4, -0.2) is 36.7 Å². The predicted molar refractivity (Wildman–Crippen MR) is 104 cm³/mol. The molecule has 0 aromatic carbocycles. The molecule has 0 amide bonds. The lowest BCUT2D eigenvalue weighted by Crippen LogP contribution is -2.37. The van der Waals surface area contributed by atoms with Crippen LogP contribution in [0.4, 0.5) is 0 Å². The minimum Gasteiger partial charge on any atom is -0.378 e. The highest BCUT2D eigenvalue weighted by Gasteiger charge is 2.11. The van der Waals surface area contributed by atoms with Crippen molar-refractivity contribution >= 4 is 5.96 Å². The van der Waals surface area contributed by atoms with Crippen molar-refractivity contribution in [2.24, 2.45) is 4.99 Å². The third kappa shape index (κ3) is 8.87. The molecule has 5 nitrogen and oxygen atoms in total. The van der Waals surface area contributed by atoms with E-state index in [4.69, 9.17) is 4.74 Å². The maximum absolute atomic E-state index is 6.04. The third-order valence-corrected chi connectivity index (χ3v) is 4.49. The van der Waals surface area contributed by atoms with Gasteiger partial charge in [0.1, 0.15) is 0 Å². The number of ether oxygens (including phenoxy) is 1. The van der Waals surface area contributed by atoms with Crippen molar-refractivity contribution in [3.8, 4) is 0 Å². The van der Waals surface area contributed by atoms with Crippen LogP contribution >= 0.6 is 0 Å². The first-order valence-corrected chi connectivity index (χ1v) is 9.92. The molecule has 0 atom stereocenters. The lowest BCUT2D eigenvalue weighted by atomic mass is 10.1. The van der Waals surface area contributed by atoms with Crippen LogP contribution in [0.2, 0.25) is 0 Å². The summed E-state index contributed by atoms with van der Waals surface area (Å²) in [5.74, 6) is 0.859. The molecule has 2 rings (SSSR count). The van der Waals surface area contributed by atoms with Gasteiger partial charge in [-0.25, -0.2) is 4.99 Å². The lowest BCUT2D eigenvalue weighted by molar-refractivity contribution is 0.0411. The fraction of sp³-hybridized carbons (Fsp3) is 0.700. The SMILES string of the molecule is CCNC(=NCc1ccccn1)NCCCCOC1CCCCCC1. The summed E-state index contributed by atoms with van der Waals surface area (Å²) in [7, 11) is 0. The number of unbranched alkanes of at least 4 members (excludes halogenated alkanes) is 1. The van der Waals surface area contributed by atoms with Gasteiger partial charge in [0.25, 0.3) is 0 Å². The van der Waals surface area contributed by atoms with Gasteiger partial charge in [-0.2, -0.15) is 0 Å². The number of aliphatic imine (C=N–C) groups is 1. The number of hydrogen-bond donors (Lipinski definition) is 2. The fourth-order valence-corrected chi connectivity index (χ4v) is 3.09. The molecule has 0 aliphatic heterocycles. The quantitative estimate of drug-likeness (QED) is 0.310. The topological polar surface area (TPSA) is 58.5 Å². The van der Waals surface area contributed by atoms with E-state index in [1.54, 1.807) is 6.20 Å². The Labute approximate surface area is 152 Å². The molecule has 1 heterocycles. The number of nitrogens with zero attached hydrogens (tertiary/aromatic N) is 2. The lowest BCUT2D eigenvalue weighted by Gasteiger charge is -2.15. The van der Waals surface area contributed by atoms with E-state index in [1.165, 1.54) is 38.5 Å². The normalized spacial score (nSPS) is 16.4. The molecule has 1 saturated carbocycles. The monoisotopic (exact) mass is 346 g/mol. The highest BCUT2D eigenvalue weighted by molar-refractivity contribution is 5.79. The second kappa shape index (κ2) is 12.7. The van der Waals surface area contributed by atoms with Crippen LogP contribution in [0.25, 0.3) is 0 Å². The Kier molecular flexibility index (Phi) is 10.0. The molecule has 0 saturated heterocycles. The molecule has 1 aromatic heterocycles. The summed E-state index contributed by atoms with van der Waals surface area (Å²) in [6.07, 6.45) is 12.5. The Hall–Kier alpha value is -1.62. The highest BCUT2D eigenvalue weighted by atomic mass is 16.5. The highest BCUT2D eigenvalue weighted by Crippen LogP contribution is 2.19. The molecule has 5 heteroatoms. The minimum atomic E-state index is 0.507. The standard InChI is InChI=1S/C20H34N4O/c1-2-21-20(24-17-18-11-7-8-14-22-18)23-15-9-10-16-25-19-12-5-3-4-6-13-19/h7-8,11,14,19H,2-6,9-10,12-13,15-17H2,1H3,(H2,21,23,24). The molecule has 25 heavy (non-hydrogen) atoms. The molecule has 1 fully saturated rings. The van der Waals surface area contributed by atoms with E-state index in [-0.39, 0.29) is 0 Å². The van der Waals surface area contributed by atoms with Gasteiger partial charge in [0, 0.05) is 25.9 Å². The van der Waals surface area contributed by atoms with Crippen molar-refractivity contribution in [2.45, 2.75) is 70.9 Å². The molecule has 140 valence electrons. The molecular formula is C20H34N4O. The largest absolute Gasteiger partial charge is 0.378 e. The van der Waals surface area contributed by atoms with Crippen molar-refractivity contribution in [3.63, 3.8) is 0 Å². The summed E-state index contributed by atoms with van der Waals surface area (Å²) < 4.78 is 6.04. The van der Waals surface area contributed by atoms with Crippen molar-refractivity contribution in [1.29, 1.82) is 0 Å². The Morgan fingerprint density at radius 1 is 1.16 bits per heavy atom. The molecule has 1 aliphatic rings. The van der Waals surface area contributed by atoms with Gasteiger partial charge >= 0.3 is 0 Å². The van der Waals surface area contributed by atoms with Gasteiger partial charge in [-0.1, -0.05) is 31.7 Å². The summed E-state index contributed by atoms with van der Waals surface area (Å²) in [6.45, 7) is 5.34. The maximum atomic E-state index is 6.04. The zero-order valence-corrected chi connectivity index (χ0v) is 15.7. The molecule has 1 aromatic rings. The van der Waals surface area contributed by atoms with Crippen LogP contribution < -0.4 is 10.6 Å². The van der Waals surface area contributed by atoms with E-state index < -0.39 is 0 Å². The van der Waals surface area contributed by atoms with Crippen LogP contribution in [0.5, 0.6) is 0 Å². The predicted octanol–water partition coefficient (Wildman–Crippen LogP) is 3.66. The van der Waals surface area contributed by atoms with E-state index in [0.29, 0.717) is 12.6 Å². The van der Waals surface area contributed by atoms with Gasteiger partial charge in [0.2, 0.25) is 0 Å². The first kappa shape index (κ1) is 19.7. The summed E-state index contributed by atoms with van der Waals surface area (Å²) in [6, 6.07) is 5.91. The second-order valence-electron chi connectivity index (χ2n) is 6.63. The molecule has 0 spiro atoms. The second-order valence-corrected chi connectivity index (χ2v) is 6.63. The molecule has 2 N–H and O–H groups in total. The van der Waals surface area contributed by atoms with E-state index in [9.17, 15) is 0 Å². The number of rotatable bonds is 9. The Bertz CT molecular complexity index is 470. The average molecular weight is 347 g/mol. The third-order valence-electron chi connectivity index (χ3n) is 4.49. The first-order chi connectivity index (χ1) is 12.4. The number of nitrogens with one attached hydrogen (secondary N) is 2. The smallest absolute Gasteiger partial charge is 0.191 e. The average Bonchev–Trinajstić information content (AvgIpc) is 2.92. The Morgan fingerprint density at radius 2 is 2.00 bits per heavy atom. The number of pyridine rings is 1. The van der Waals surface area contributed by atoms with Crippen LogP contribution in [0.3, 0.4) is 0 Å². The number of guanidine groups is 1.